The molecule has 0 heterocycles. The molecule has 0 aliphatic rings. The first kappa shape index (κ1) is 14.6. The second kappa shape index (κ2) is 6.58. The summed E-state index contributed by atoms with van der Waals surface area (Å²) < 4.78 is 5.18. The number of aryl methyl sites for hydroxylation is 1. The second-order valence-corrected chi connectivity index (χ2v) is 5.22. The molecule has 0 aliphatic carbocycles. The molecule has 1 unspecified atom stereocenters. The lowest BCUT2D eigenvalue weighted by Crippen LogP contribution is -2.36. The third-order valence-corrected chi connectivity index (χ3v) is 4.00. The number of nitrogens with two attached hydrogens (primary N) is 1. The smallest absolute Gasteiger partial charge is 0.118 e. The molecule has 2 aromatic rings. The number of methoxy groups -OCH3 is 1. The van der Waals surface area contributed by atoms with Crippen LogP contribution in [0.4, 0.5) is 0 Å². The monoisotopic (exact) mass is 269 g/mol. The third-order valence-electron chi connectivity index (χ3n) is 4.00. The molecule has 1 atom stereocenters. The van der Waals surface area contributed by atoms with Gasteiger partial charge in [-0.05, 0) is 42.5 Å². The highest BCUT2D eigenvalue weighted by Crippen LogP contribution is 2.27. The van der Waals surface area contributed by atoms with Gasteiger partial charge in [0.2, 0.25) is 0 Å². The summed E-state index contributed by atoms with van der Waals surface area (Å²) in [5, 5.41) is 0. The van der Waals surface area contributed by atoms with Crippen molar-refractivity contribution in [3.63, 3.8) is 0 Å². The Morgan fingerprint density at radius 1 is 1.00 bits per heavy atom. The standard InChI is InChI=1S/C18H23NO/c1-3-18(19,16-7-5-4-6-8-16)14-13-15-9-11-17(20-2)12-10-15/h4-12H,3,13-14,19H2,1-2H3. The van der Waals surface area contributed by atoms with Gasteiger partial charge in [0.1, 0.15) is 5.75 Å². The average molecular weight is 269 g/mol. The Kier molecular flexibility index (Phi) is 4.80. The van der Waals surface area contributed by atoms with E-state index >= 15 is 0 Å². The fraction of sp³-hybridized carbons (Fsp3) is 0.333. The van der Waals surface area contributed by atoms with Crippen molar-refractivity contribution in [2.75, 3.05) is 7.11 Å². The fourth-order valence-corrected chi connectivity index (χ4v) is 2.45. The molecule has 0 radical (unpaired) electrons. The molecule has 20 heavy (non-hydrogen) atoms. The predicted octanol–water partition coefficient (Wildman–Crippen LogP) is 3.89. The molecule has 0 aliphatic heterocycles. The molecule has 2 rings (SSSR count). The van der Waals surface area contributed by atoms with Crippen molar-refractivity contribution in [1.82, 2.24) is 0 Å². The quantitative estimate of drug-likeness (QED) is 0.863. The molecule has 0 saturated heterocycles. The molecular weight excluding hydrogens is 246 g/mol. The van der Waals surface area contributed by atoms with E-state index in [2.05, 4.69) is 43.3 Å². The van der Waals surface area contributed by atoms with Gasteiger partial charge in [-0.15, -0.1) is 0 Å². The molecule has 2 heteroatoms. The Hall–Kier alpha value is -1.80. The molecule has 0 saturated carbocycles. The van der Waals surface area contributed by atoms with Crippen LogP contribution in [0.5, 0.6) is 5.75 Å². The summed E-state index contributed by atoms with van der Waals surface area (Å²) >= 11 is 0. The van der Waals surface area contributed by atoms with Crippen LogP contribution in [-0.2, 0) is 12.0 Å². The van der Waals surface area contributed by atoms with Crippen molar-refractivity contribution >= 4 is 0 Å². The SMILES string of the molecule is CCC(N)(CCc1ccc(OC)cc1)c1ccccc1. The largest absolute Gasteiger partial charge is 0.497 e. The van der Waals surface area contributed by atoms with Gasteiger partial charge in [-0.1, -0.05) is 49.4 Å². The van der Waals surface area contributed by atoms with Crippen molar-refractivity contribution in [3.8, 4) is 5.75 Å². The minimum Gasteiger partial charge on any atom is -0.497 e. The molecule has 0 bridgehead atoms. The maximum absolute atomic E-state index is 6.60. The van der Waals surface area contributed by atoms with Gasteiger partial charge < -0.3 is 10.5 Å². The van der Waals surface area contributed by atoms with Gasteiger partial charge in [0.15, 0.2) is 0 Å². The van der Waals surface area contributed by atoms with E-state index in [1.54, 1.807) is 7.11 Å². The van der Waals surface area contributed by atoms with E-state index in [1.165, 1.54) is 11.1 Å². The highest BCUT2D eigenvalue weighted by atomic mass is 16.5. The van der Waals surface area contributed by atoms with E-state index in [0.29, 0.717) is 0 Å². The van der Waals surface area contributed by atoms with E-state index in [9.17, 15) is 0 Å². The van der Waals surface area contributed by atoms with E-state index in [0.717, 1.165) is 25.0 Å². The molecule has 106 valence electrons. The lowest BCUT2D eigenvalue weighted by atomic mass is 9.83. The van der Waals surface area contributed by atoms with E-state index in [1.807, 2.05) is 18.2 Å². The fourth-order valence-electron chi connectivity index (χ4n) is 2.45. The van der Waals surface area contributed by atoms with Crippen molar-refractivity contribution in [2.24, 2.45) is 5.73 Å². The summed E-state index contributed by atoms with van der Waals surface area (Å²) in [7, 11) is 1.69. The topological polar surface area (TPSA) is 35.2 Å². The molecule has 2 nitrogen and oxygen atoms in total. The van der Waals surface area contributed by atoms with Crippen LogP contribution in [0.3, 0.4) is 0 Å². The summed E-state index contributed by atoms with van der Waals surface area (Å²) in [5.74, 6) is 0.895. The van der Waals surface area contributed by atoms with Gasteiger partial charge in [-0.2, -0.15) is 0 Å². The zero-order chi connectivity index (χ0) is 14.4. The normalized spacial score (nSPS) is 13.8. The molecule has 2 N–H and O–H groups in total. The van der Waals surface area contributed by atoms with E-state index in [4.69, 9.17) is 10.5 Å². The van der Waals surface area contributed by atoms with Crippen molar-refractivity contribution in [3.05, 3.63) is 65.7 Å². The van der Waals surface area contributed by atoms with Crippen molar-refractivity contribution < 1.29 is 4.74 Å². The number of rotatable bonds is 6. The zero-order valence-corrected chi connectivity index (χ0v) is 12.3. The molecule has 2 aromatic carbocycles. The lowest BCUT2D eigenvalue weighted by molar-refractivity contribution is 0.394. The summed E-state index contributed by atoms with van der Waals surface area (Å²) in [6, 6.07) is 18.6. The first-order valence-electron chi connectivity index (χ1n) is 7.15. The Labute approximate surface area is 121 Å². The van der Waals surface area contributed by atoms with Crippen LogP contribution in [0.25, 0.3) is 0 Å². The van der Waals surface area contributed by atoms with Gasteiger partial charge in [-0.3, -0.25) is 0 Å². The lowest BCUT2D eigenvalue weighted by Gasteiger charge is -2.29. The van der Waals surface area contributed by atoms with Crippen LogP contribution in [0, 0.1) is 0 Å². The van der Waals surface area contributed by atoms with Crippen LogP contribution in [0.1, 0.15) is 30.9 Å². The van der Waals surface area contributed by atoms with Gasteiger partial charge in [0.05, 0.1) is 7.11 Å². The number of benzene rings is 2. The van der Waals surface area contributed by atoms with Gasteiger partial charge in [0, 0.05) is 5.54 Å². The number of hydrogen-bond acceptors (Lipinski definition) is 2. The second-order valence-electron chi connectivity index (χ2n) is 5.22. The third kappa shape index (κ3) is 3.40. The van der Waals surface area contributed by atoms with E-state index < -0.39 is 0 Å². The molecule has 0 fully saturated rings. The summed E-state index contributed by atoms with van der Waals surface area (Å²) in [4.78, 5) is 0. The first-order valence-corrected chi connectivity index (χ1v) is 7.15. The van der Waals surface area contributed by atoms with Crippen LogP contribution in [-0.4, -0.2) is 7.11 Å². The Bertz CT molecular complexity index is 521. The maximum atomic E-state index is 6.60. The zero-order valence-electron chi connectivity index (χ0n) is 12.3. The molecular formula is C18H23NO. The average Bonchev–Trinajstić information content (AvgIpc) is 2.54. The van der Waals surface area contributed by atoms with Crippen LogP contribution in [0.2, 0.25) is 0 Å². The van der Waals surface area contributed by atoms with Gasteiger partial charge in [0.25, 0.3) is 0 Å². The van der Waals surface area contributed by atoms with Crippen LogP contribution >= 0.6 is 0 Å². The summed E-state index contributed by atoms with van der Waals surface area (Å²) in [6.45, 7) is 2.15. The Balaban J connectivity index is 2.06. The molecule has 0 aromatic heterocycles. The van der Waals surface area contributed by atoms with Crippen molar-refractivity contribution in [2.45, 2.75) is 31.7 Å². The van der Waals surface area contributed by atoms with Gasteiger partial charge in [-0.25, -0.2) is 0 Å². The minimum absolute atomic E-state index is 0.249. The van der Waals surface area contributed by atoms with Crippen LogP contribution in [0.15, 0.2) is 54.6 Å². The molecule has 0 spiro atoms. The minimum atomic E-state index is -0.249. The maximum Gasteiger partial charge on any atom is 0.118 e. The van der Waals surface area contributed by atoms with Gasteiger partial charge >= 0.3 is 0 Å². The number of ether oxygens (including phenoxy) is 1. The highest BCUT2D eigenvalue weighted by Gasteiger charge is 2.24. The predicted molar refractivity (Wildman–Crippen MR) is 83.9 cm³/mol. The van der Waals surface area contributed by atoms with E-state index in [-0.39, 0.29) is 5.54 Å². The Morgan fingerprint density at radius 2 is 1.65 bits per heavy atom. The van der Waals surface area contributed by atoms with Crippen molar-refractivity contribution in [1.29, 1.82) is 0 Å². The van der Waals surface area contributed by atoms with Crippen LogP contribution < -0.4 is 10.5 Å². The first-order chi connectivity index (χ1) is 9.68. The summed E-state index contributed by atoms with van der Waals surface area (Å²) in [5.41, 5.74) is 8.86. The Morgan fingerprint density at radius 3 is 2.20 bits per heavy atom. The number of hydrogen-bond donors (Lipinski definition) is 1. The highest BCUT2D eigenvalue weighted by molar-refractivity contribution is 5.28. The summed E-state index contributed by atoms with van der Waals surface area (Å²) in [6.07, 6.45) is 2.86. The molecule has 0 amide bonds.